The van der Waals surface area contributed by atoms with E-state index in [-0.39, 0.29) is 4.75 Å². The molecule has 0 amide bonds. The van der Waals surface area contributed by atoms with Gasteiger partial charge in [-0.25, -0.2) is 0 Å². The maximum Gasteiger partial charge on any atom is 0.205 e. The Morgan fingerprint density at radius 2 is 1.95 bits per heavy atom. The van der Waals surface area contributed by atoms with E-state index in [9.17, 15) is 0 Å². The molecule has 0 atom stereocenters. The topological polar surface area (TPSA) is 37.8 Å². The van der Waals surface area contributed by atoms with Crippen molar-refractivity contribution in [2.24, 2.45) is 0 Å². The summed E-state index contributed by atoms with van der Waals surface area (Å²) in [5.41, 5.74) is 1.20. The fraction of sp³-hybridized carbons (Fsp3) is 0.429. The van der Waals surface area contributed by atoms with Crippen molar-refractivity contribution in [2.45, 2.75) is 25.0 Å². The predicted octanol–water partition coefficient (Wildman–Crippen LogP) is 4.34. The summed E-state index contributed by atoms with van der Waals surface area (Å²) in [7, 11) is 0. The minimum absolute atomic E-state index is 0.196. The van der Waals surface area contributed by atoms with Crippen LogP contribution in [-0.4, -0.2) is 27.7 Å². The van der Waals surface area contributed by atoms with Crippen LogP contribution in [0.2, 0.25) is 5.02 Å². The highest BCUT2D eigenvalue weighted by molar-refractivity contribution is 7.99. The number of halogens is 1. The minimum Gasteiger partial charge on any atom is -0.359 e. The third-order valence-electron chi connectivity index (χ3n) is 2.95. The molecule has 0 aliphatic carbocycles. The standard InChI is InChI=1S/C14H18ClN3S2/c1-14(2,19-3)9-16-13-18-17-12(20-13)8-10-4-6-11(15)7-5-10/h4-7H,8-9H2,1-3H3,(H,16,18). The van der Waals surface area contributed by atoms with Gasteiger partial charge in [-0.05, 0) is 37.8 Å². The third kappa shape index (κ3) is 4.65. The van der Waals surface area contributed by atoms with Crippen LogP contribution in [-0.2, 0) is 6.42 Å². The molecule has 0 bridgehead atoms. The maximum atomic E-state index is 5.88. The van der Waals surface area contributed by atoms with Gasteiger partial charge in [0, 0.05) is 22.7 Å². The first-order valence-corrected chi connectivity index (χ1v) is 8.76. The van der Waals surface area contributed by atoms with E-state index in [0.717, 1.165) is 28.1 Å². The highest BCUT2D eigenvalue weighted by Gasteiger charge is 2.16. The second kappa shape index (κ2) is 6.78. The molecule has 1 aromatic heterocycles. The van der Waals surface area contributed by atoms with Gasteiger partial charge in [0.1, 0.15) is 5.01 Å². The van der Waals surface area contributed by atoms with Crippen molar-refractivity contribution in [2.75, 3.05) is 18.1 Å². The summed E-state index contributed by atoms with van der Waals surface area (Å²) in [6, 6.07) is 7.84. The zero-order chi connectivity index (χ0) is 14.6. The Bertz CT molecular complexity index is 552. The summed E-state index contributed by atoms with van der Waals surface area (Å²) in [5, 5.41) is 14.4. The number of rotatable bonds is 6. The van der Waals surface area contributed by atoms with Crippen molar-refractivity contribution in [3.8, 4) is 0 Å². The zero-order valence-electron chi connectivity index (χ0n) is 11.8. The summed E-state index contributed by atoms with van der Waals surface area (Å²) in [5.74, 6) is 0. The van der Waals surface area contributed by atoms with Crippen LogP contribution in [0.1, 0.15) is 24.4 Å². The van der Waals surface area contributed by atoms with E-state index in [1.54, 1.807) is 11.3 Å². The molecule has 20 heavy (non-hydrogen) atoms. The van der Waals surface area contributed by atoms with Crippen LogP contribution in [0.5, 0.6) is 0 Å². The first-order chi connectivity index (χ1) is 9.48. The first-order valence-electron chi connectivity index (χ1n) is 6.34. The molecule has 1 aromatic carbocycles. The molecule has 0 fully saturated rings. The molecule has 1 heterocycles. The van der Waals surface area contributed by atoms with Crippen LogP contribution in [0.25, 0.3) is 0 Å². The Labute approximate surface area is 133 Å². The first kappa shape index (κ1) is 15.6. The molecule has 0 saturated carbocycles. The molecule has 6 heteroatoms. The molecule has 0 radical (unpaired) electrons. The molecule has 108 valence electrons. The van der Waals surface area contributed by atoms with Gasteiger partial charge in [0.05, 0.1) is 0 Å². The summed E-state index contributed by atoms with van der Waals surface area (Å²) in [6.07, 6.45) is 2.91. The summed E-state index contributed by atoms with van der Waals surface area (Å²) in [6.45, 7) is 5.30. The molecule has 0 aliphatic rings. The van der Waals surface area contributed by atoms with E-state index in [0.29, 0.717) is 0 Å². The van der Waals surface area contributed by atoms with Crippen molar-refractivity contribution < 1.29 is 0 Å². The van der Waals surface area contributed by atoms with Crippen LogP contribution in [0.3, 0.4) is 0 Å². The molecule has 2 aromatic rings. The molecule has 1 N–H and O–H groups in total. The maximum absolute atomic E-state index is 5.88. The van der Waals surface area contributed by atoms with Crippen LogP contribution in [0.15, 0.2) is 24.3 Å². The Hall–Kier alpha value is -0.780. The lowest BCUT2D eigenvalue weighted by atomic mass is 10.2. The van der Waals surface area contributed by atoms with Crippen molar-refractivity contribution in [3.63, 3.8) is 0 Å². The van der Waals surface area contributed by atoms with Gasteiger partial charge in [0.15, 0.2) is 0 Å². The number of hydrogen-bond acceptors (Lipinski definition) is 5. The van der Waals surface area contributed by atoms with Gasteiger partial charge in [0.2, 0.25) is 5.13 Å². The quantitative estimate of drug-likeness (QED) is 0.856. The van der Waals surface area contributed by atoms with Gasteiger partial charge >= 0.3 is 0 Å². The third-order valence-corrected chi connectivity index (χ3v) is 5.34. The lowest BCUT2D eigenvalue weighted by molar-refractivity contribution is 0.750. The number of nitrogens with zero attached hydrogens (tertiary/aromatic N) is 2. The Balaban J connectivity index is 1.93. The van der Waals surface area contributed by atoms with Crippen molar-refractivity contribution >= 4 is 39.8 Å². The Kier molecular flexibility index (Phi) is 5.29. The van der Waals surface area contributed by atoms with Gasteiger partial charge in [0.25, 0.3) is 0 Å². The second-order valence-corrected chi connectivity index (χ2v) is 8.13. The monoisotopic (exact) mass is 327 g/mol. The molecular formula is C14H18ClN3S2. The lowest BCUT2D eigenvalue weighted by Gasteiger charge is -2.21. The van der Waals surface area contributed by atoms with Crippen LogP contribution < -0.4 is 5.32 Å². The predicted molar refractivity (Wildman–Crippen MR) is 90.3 cm³/mol. The molecule has 3 nitrogen and oxygen atoms in total. The van der Waals surface area contributed by atoms with Gasteiger partial charge in [-0.1, -0.05) is 35.1 Å². The second-order valence-electron chi connectivity index (χ2n) is 5.12. The fourth-order valence-electron chi connectivity index (χ4n) is 1.53. The van der Waals surface area contributed by atoms with E-state index in [2.05, 4.69) is 35.6 Å². The van der Waals surface area contributed by atoms with E-state index >= 15 is 0 Å². The van der Waals surface area contributed by atoms with E-state index in [1.165, 1.54) is 5.56 Å². The smallest absolute Gasteiger partial charge is 0.205 e. The molecular weight excluding hydrogens is 310 g/mol. The van der Waals surface area contributed by atoms with Crippen LogP contribution in [0, 0.1) is 0 Å². The van der Waals surface area contributed by atoms with Gasteiger partial charge in [-0.3, -0.25) is 0 Å². The van der Waals surface area contributed by atoms with E-state index in [4.69, 9.17) is 11.6 Å². The number of thioether (sulfide) groups is 1. The van der Waals surface area contributed by atoms with Crippen molar-refractivity contribution in [3.05, 3.63) is 39.9 Å². The molecule has 0 aliphatic heterocycles. The summed E-state index contributed by atoms with van der Waals surface area (Å²) >= 11 is 9.33. The van der Waals surface area contributed by atoms with Crippen LogP contribution in [0.4, 0.5) is 5.13 Å². The Morgan fingerprint density at radius 3 is 2.60 bits per heavy atom. The highest BCUT2D eigenvalue weighted by atomic mass is 35.5. The van der Waals surface area contributed by atoms with Gasteiger partial charge in [-0.2, -0.15) is 11.8 Å². The van der Waals surface area contributed by atoms with Crippen molar-refractivity contribution in [1.29, 1.82) is 0 Å². The SMILES string of the molecule is CSC(C)(C)CNc1nnc(Cc2ccc(Cl)cc2)s1. The number of nitrogens with one attached hydrogen (secondary N) is 1. The molecule has 0 spiro atoms. The van der Waals surface area contributed by atoms with Gasteiger partial charge < -0.3 is 5.32 Å². The largest absolute Gasteiger partial charge is 0.359 e. The summed E-state index contributed by atoms with van der Waals surface area (Å²) in [4.78, 5) is 0. The molecule has 2 rings (SSSR count). The number of benzene rings is 1. The van der Waals surface area contributed by atoms with E-state index < -0.39 is 0 Å². The number of aromatic nitrogens is 2. The average molecular weight is 328 g/mol. The normalized spacial score (nSPS) is 11.6. The fourth-order valence-corrected chi connectivity index (χ4v) is 2.65. The highest BCUT2D eigenvalue weighted by Crippen LogP contribution is 2.24. The molecule has 0 unspecified atom stereocenters. The molecule has 0 saturated heterocycles. The average Bonchev–Trinajstić information content (AvgIpc) is 2.87. The van der Waals surface area contributed by atoms with Crippen LogP contribution >= 0.6 is 34.7 Å². The number of anilines is 1. The number of hydrogen-bond donors (Lipinski definition) is 1. The van der Waals surface area contributed by atoms with Gasteiger partial charge in [-0.15, -0.1) is 10.2 Å². The zero-order valence-corrected chi connectivity index (χ0v) is 14.2. The minimum atomic E-state index is 0.196. The Morgan fingerprint density at radius 1 is 1.25 bits per heavy atom. The lowest BCUT2D eigenvalue weighted by Crippen LogP contribution is -2.25. The summed E-state index contributed by atoms with van der Waals surface area (Å²) < 4.78 is 0.196. The van der Waals surface area contributed by atoms with Crippen molar-refractivity contribution in [1.82, 2.24) is 10.2 Å². The van der Waals surface area contributed by atoms with E-state index in [1.807, 2.05) is 36.0 Å².